The second kappa shape index (κ2) is 8.76. The molecule has 5 rings (SSSR count). The number of hydrogen-bond acceptors (Lipinski definition) is 6. The number of nitrogens with zero attached hydrogens (tertiary/aromatic N) is 2. The highest BCUT2D eigenvalue weighted by Gasteiger charge is 2.33. The number of nitro groups is 1. The smallest absolute Gasteiger partial charge is 0.269 e. The van der Waals surface area contributed by atoms with Crippen LogP contribution in [0.1, 0.15) is 32.6 Å². The monoisotopic (exact) mass is 496 g/mol. The molecule has 0 unspecified atom stereocenters. The molecular formula is C25H18Cl2N2O5. The molecule has 34 heavy (non-hydrogen) atoms. The Morgan fingerprint density at radius 1 is 1.09 bits per heavy atom. The van der Waals surface area contributed by atoms with Crippen LogP contribution in [0.3, 0.4) is 0 Å². The molecule has 172 valence electrons. The molecule has 0 amide bonds. The van der Waals surface area contributed by atoms with E-state index in [1.807, 2.05) is 25.1 Å². The largest absolute Gasteiger partial charge is 0.477 e. The van der Waals surface area contributed by atoms with Gasteiger partial charge in [0.25, 0.3) is 5.69 Å². The third-order valence-electron chi connectivity index (χ3n) is 5.79. The first kappa shape index (κ1) is 22.4. The fraction of sp³-hybridized carbons (Fsp3) is 0.160. The SMILES string of the molecule is Cc1c2c(cc3c1O/C(=C\c1ccc([N+](=O)[O-])cc1)C3=O)CN(Cc1ccc(Cl)c(Cl)c1)CO2. The fourth-order valence-electron chi connectivity index (χ4n) is 4.14. The lowest BCUT2D eigenvalue weighted by Gasteiger charge is -2.30. The topological polar surface area (TPSA) is 81.9 Å². The van der Waals surface area contributed by atoms with Gasteiger partial charge in [0.05, 0.1) is 20.5 Å². The number of non-ortho nitro benzene ring substituents is 1. The number of carbonyl (C=O) groups excluding carboxylic acids is 1. The van der Waals surface area contributed by atoms with E-state index in [0.29, 0.717) is 52.5 Å². The first-order valence-corrected chi connectivity index (χ1v) is 11.2. The van der Waals surface area contributed by atoms with Crippen molar-refractivity contribution in [3.63, 3.8) is 0 Å². The van der Waals surface area contributed by atoms with E-state index in [9.17, 15) is 14.9 Å². The van der Waals surface area contributed by atoms with E-state index in [-0.39, 0.29) is 17.2 Å². The molecule has 0 aromatic heterocycles. The summed E-state index contributed by atoms with van der Waals surface area (Å²) in [5.41, 5.74) is 3.76. The standard InChI is InChI=1S/C25H18Cl2N2O5/c1-14-24-17(12-28(13-33-24)11-16-4-7-20(26)21(27)8-16)10-19-23(30)22(34-25(14)19)9-15-2-5-18(6-3-15)29(31)32/h2-10H,11-13H2,1H3/b22-9-. The van der Waals surface area contributed by atoms with Gasteiger partial charge in [-0.25, -0.2) is 0 Å². The summed E-state index contributed by atoms with van der Waals surface area (Å²) in [6, 6.07) is 13.3. The van der Waals surface area contributed by atoms with Gasteiger partial charge in [-0.15, -0.1) is 0 Å². The Morgan fingerprint density at radius 2 is 1.85 bits per heavy atom. The molecule has 7 nitrogen and oxygen atoms in total. The van der Waals surface area contributed by atoms with Crippen LogP contribution < -0.4 is 9.47 Å². The molecule has 3 aromatic rings. The summed E-state index contributed by atoms with van der Waals surface area (Å²) in [5, 5.41) is 11.9. The Balaban J connectivity index is 1.39. The Labute approximate surface area is 205 Å². The van der Waals surface area contributed by atoms with Crippen LogP contribution in [0.25, 0.3) is 6.08 Å². The highest BCUT2D eigenvalue weighted by molar-refractivity contribution is 6.42. The van der Waals surface area contributed by atoms with Gasteiger partial charge in [-0.05, 0) is 54.5 Å². The minimum Gasteiger partial charge on any atom is -0.477 e. The molecule has 9 heteroatoms. The maximum atomic E-state index is 13.1. The maximum Gasteiger partial charge on any atom is 0.269 e. The number of nitro benzene ring substituents is 1. The van der Waals surface area contributed by atoms with Crippen molar-refractivity contribution in [1.82, 2.24) is 4.90 Å². The van der Waals surface area contributed by atoms with Gasteiger partial charge in [-0.2, -0.15) is 0 Å². The summed E-state index contributed by atoms with van der Waals surface area (Å²) < 4.78 is 11.9. The Bertz CT molecular complexity index is 1370. The van der Waals surface area contributed by atoms with Crippen molar-refractivity contribution in [1.29, 1.82) is 0 Å². The van der Waals surface area contributed by atoms with Crippen molar-refractivity contribution in [2.45, 2.75) is 20.0 Å². The molecular weight excluding hydrogens is 479 g/mol. The van der Waals surface area contributed by atoms with E-state index in [4.69, 9.17) is 32.7 Å². The summed E-state index contributed by atoms with van der Waals surface area (Å²) in [6.45, 7) is 3.46. The quantitative estimate of drug-likeness (QED) is 0.243. The van der Waals surface area contributed by atoms with Crippen molar-refractivity contribution >= 4 is 40.7 Å². The number of halogens is 2. The van der Waals surface area contributed by atoms with Gasteiger partial charge in [-0.3, -0.25) is 19.8 Å². The minimum atomic E-state index is -0.470. The third kappa shape index (κ3) is 4.14. The number of carbonyl (C=O) groups is 1. The van der Waals surface area contributed by atoms with Gasteiger partial charge in [0.15, 0.2) is 5.76 Å². The van der Waals surface area contributed by atoms with E-state index in [0.717, 1.165) is 16.7 Å². The lowest BCUT2D eigenvalue weighted by atomic mass is 10.00. The predicted molar refractivity (Wildman–Crippen MR) is 128 cm³/mol. The van der Waals surface area contributed by atoms with Crippen molar-refractivity contribution in [2.75, 3.05) is 6.73 Å². The van der Waals surface area contributed by atoms with Crippen molar-refractivity contribution in [3.8, 4) is 11.5 Å². The van der Waals surface area contributed by atoms with Crippen molar-refractivity contribution in [3.05, 3.63) is 102 Å². The van der Waals surface area contributed by atoms with Crippen LogP contribution in [0.5, 0.6) is 11.5 Å². The predicted octanol–water partition coefficient (Wildman–Crippen LogP) is 6.18. The average Bonchev–Trinajstić information content (AvgIpc) is 3.12. The second-order valence-electron chi connectivity index (χ2n) is 8.16. The molecule has 2 heterocycles. The van der Waals surface area contributed by atoms with E-state index < -0.39 is 4.92 Å². The minimum absolute atomic E-state index is 0.0183. The second-order valence-corrected chi connectivity index (χ2v) is 8.98. The zero-order chi connectivity index (χ0) is 24.0. The maximum absolute atomic E-state index is 13.1. The molecule has 0 saturated carbocycles. The molecule has 0 spiro atoms. The highest BCUT2D eigenvalue weighted by atomic mass is 35.5. The molecule has 0 aliphatic carbocycles. The Kier molecular flexibility index (Phi) is 5.77. The number of benzene rings is 3. The molecule has 0 fully saturated rings. The summed E-state index contributed by atoms with van der Waals surface area (Å²) >= 11 is 12.2. The molecule has 2 aliphatic rings. The van der Waals surface area contributed by atoms with Gasteiger partial charge in [-0.1, -0.05) is 29.3 Å². The number of ketones is 1. The number of allylic oxidation sites excluding steroid dienone is 1. The lowest BCUT2D eigenvalue weighted by molar-refractivity contribution is -0.384. The van der Waals surface area contributed by atoms with Gasteiger partial charge in [0, 0.05) is 36.3 Å². The van der Waals surface area contributed by atoms with Crippen molar-refractivity contribution in [2.24, 2.45) is 0 Å². The fourth-order valence-corrected chi connectivity index (χ4v) is 4.46. The van der Waals surface area contributed by atoms with E-state index >= 15 is 0 Å². The average molecular weight is 497 g/mol. The lowest BCUT2D eigenvalue weighted by Crippen LogP contribution is -2.32. The first-order chi connectivity index (χ1) is 16.3. The molecule has 3 aromatic carbocycles. The van der Waals surface area contributed by atoms with Crippen LogP contribution in [0.4, 0.5) is 5.69 Å². The van der Waals surface area contributed by atoms with Crippen LogP contribution in [0.15, 0.2) is 54.3 Å². The highest BCUT2D eigenvalue weighted by Crippen LogP contribution is 2.43. The summed E-state index contributed by atoms with van der Waals surface area (Å²) in [5.74, 6) is 1.13. The van der Waals surface area contributed by atoms with Crippen molar-refractivity contribution < 1.29 is 19.2 Å². The van der Waals surface area contributed by atoms with Gasteiger partial charge in [0.2, 0.25) is 5.78 Å². The van der Waals surface area contributed by atoms with Gasteiger partial charge < -0.3 is 9.47 Å². The molecule has 0 atom stereocenters. The zero-order valence-electron chi connectivity index (χ0n) is 18.0. The van der Waals surface area contributed by atoms with E-state index in [1.165, 1.54) is 12.1 Å². The normalized spacial score (nSPS) is 16.1. The Hall–Kier alpha value is -3.39. The van der Waals surface area contributed by atoms with Crippen LogP contribution in [-0.2, 0) is 13.1 Å². The molecule has 2 aliphatic heterocycles. The summed E-state index contributed by atoms with van der Waals surface area (Å²) in [6.07, 6.45) is 1.59. The van der Waals surface area contributed by atoms with Crippen LogP contribution in [0.2, 0.25) is 10.0 Å². The van der Waals surface area contributed by atoms with Crippen LogP contribution in [0, 0.1) is 17.0 Å². The van der Waals surface area contributed by atoms with Crippen LogP contribution in [-0.4, -0.2) is 22.3 Å². The Morgan fingerprint density at radius 3 is 2.56 bits per heavy atom. The van der Waals surface area contributed by atoms with Gasteiger partial charge in [0.1, 0.15) is 18.2 Å². The van der Waals surface area contributed by atoms with E-state index in [1.54, 1.807) is 24.3 Å². The van der Waals surface area contributed by atoms with Crippen LogP contribution >= 0.6 is 23.2 Å². The number of hydrogen-bond donors (Lipinski definition) is 0. The zero-order valence-corrected chi connectivity index (χ0v) is 19.5. The van der Waals surface area contributed by atoms with E-state index in [2.05, 4.69) is 4.90 Å². The number of ether oxygens (including phenoxy) is 2. The third-order valence-corrected chi connectivity index (χ3v) is 6.53. The summed E-state index contributed by atoms with van der Waals surface area (Å²) in [4.78, 5) is 25.6. The number of Topliss-reactive ketones (excluding diaryl/α,β-unsaturated/α-hetero) is 1. The molecule has 0 N–H and O–H groups in total. The summed E-state index contributed by atoms with van der Waals surface area (Å²) in [7, 11) is 0. The molecule has 0 bridgehead atoms. The first-order valence-electron chi connectivity index (χ1n) is 10.4. The number of fused-ring (bicyclic) bond motifs is 2. The molecule has 0 saturated heterocycles. The number of rotatable bonds is 4. The van der Waals surface area contributed by atoms with Gasteiger partial charge >= 0.3 is 0 Å². The molecule has 0 radical (unpaired) electrons.